The number of para-hydroxylation sites is 2. The maximum atomic E-state index is 13.7. The Labute approximate surface area is 206 Å². The van der Waals surface area contributed by atoms with E-state index in [1.807, 2.05) is 79.7 Å². The fourth-order valence-electron chi connectivity index (χ4n) is 5.00. The zero-order valence-electron chi connectivity index (χ0n) is 19.4. The molecule has 0 radical (unpaired) electrons. The van der Waals surface area contributed by atoms with Crippen LogP contribution in [0.1, 0.15) is 22.9 Å². The number of ether oxygens (including phenoxy) is 1. The maximum Gasteiger partial charge on any atom is 0.331 e. The first-order valence-electron chi connectivity index (χ1n) is 11.3. The van der Waals surface area contributed by atoms with E-state index in [-0.39, 0.29) is 5.56 Å². The van der Waals surface area contributed by atoms with Gasteiger partial charge in [-0.05, 0) is 30.7 Å². The molecular formula is C28H22ClN3O3. The second-order valence-electron chi connectivity index (χ2n) is 8.85. The van der Waals surface area contributed by atoms with E-state index in [1.165, 1.54) is 11.6 Å². The van der Waals surface area contributed by atoms with E-state index < -0.39 is 11.8 Å². The van der Waals surface area contributed by atoms with Crippen LogP contribution in [0.3, 0.4) is 0 Å². The molecule has 0 aliphatic carbocycles. The van der Waals surface area contributed by atoms with Gasteiger partial charge in [0.05, 0.1) is 28.0 Å². The normalized spacial score (nSPS) is 14.5. The third kappa shape index (κ3) is 3.03. The highest BCUT2D eigenvalue weighted by molar-refractivity contribution is 6.31. The summed E-state index contributed by atoms with van der Waals surface area (Å²) in [6.07, 6.45) is -0.627. The fourth-order valence-corrected chi connectivity index (χ4v) is 5.23. The summed E-state index contributed by atoms with van der Waals surface area (Å²) >= 11 is 6.65. The van der Waals surface area contributed by atoms with Gasteiger partial charge in [0.15, 0.2) is 6.10 Å². The number of halogens is 1. The Balaban J connectivity index is 1.88. The predicted molar refractivity (Wildman–Crippen MR) is 138 cm³/mol. The molecule has 1 aliphatic rings. The van der Waals surface area contributed by atoms with E-state index in [1.54, 1.807) is 7.05 Å². The van der Waals surface area contributed by atoms with Crippen molar-refractivity contribution in [2.45, 2.75) is 13.0 Å². The molecule has 1 aliphatic heterocycles. The topological polar surface area (TPSA) is 58.2 Å². The monoisotopic (exact) mass is 483 g/mol. The van der Waals surface area contributed by atoms with Crippen molar-refractivity contribution >= 4 is 22.5 Å². The van der Waals surface area contributed by atoms with E-state index >= 15 is 0 Å². The molecule has 6 nitrogen and oxygen atoms in total. The highest BCUT2D eigenvalue weighted by Crippen LogP contribution is 2.47. The fraction of sp³-hybridized carbons (Fsp3) is 0.143. The smallest absolute Gasteiger partial charge is 0.331 e. The lowest BCUT2D eigenvalue weighted by molar-refractivity contribution is 0.229. The molecule has 1 atom stereocenters. The number of hydrogen-bond donors (Lipinski definition) is 0. The molecule has 0 bridgehead atoms. The van der Waals surface area contributed by atoms with Gasteiger partial charge in [-0.15, -0.1) is 0 Å². The Hall–Kier alpha value is -4.03. The van der Waals surface area contributed by atoms with Gasteiger partial charge in [0, 0.05) is 24.7 Å². The standard InChI is InChI=1S/C28H22ClN3O3/c1-16-12-14-17(15-13-16)23-22-24(30(2)28(34)31(3)27(22)33)25-26(18-8-4-5-9-19(18)29)35-21-11-7-6-10-20(21)32(23)25/h4-15,26H,1-3H3. The van der Waals surface area contributed by atoms with Gasteiger partial charge in [0.25, 0.3) is 5.56 Å². The Morgan fingerprint density at radius 1 is 0.857 bits per heavy atom. The van der Waals surface area contributed by atoms with Gasteiger partial charge in [-0.2, -0.15) is 0 Å². The second kappa shape index (κ2) is 7.75. The number of rotatable bonds is 2. The molecule has 1 unspecified atom stereocenters. The van der Waals surface area contributed by atoms with E-state index in [9.17, 15) is 9.59 Å². The first kappa shape index (κ1) is 21.5. The van der Waals surface area contributed by atoms with Crippen LogP contribution < -0.4 is 16.0 Å². The van der Waals surface area contributed by atoms with Crippen molar-refractivity contribution in [2.75, 3.05) is 0 Å². The van der Waals surface area contributed by atoms with Crippen LogP contribution in [0.15, 0.2) is 82.4 Å². The molecule has 3 heterocycles. The minimum absolute atomic E-state index is 0.351. The zero-order valence-corrected chi connectivity index (χ0v) is 20.2. The Morgan fingerprint density at radius 2 is 1.54 bits per heavy atom. The summed E-state index contributed by atoms with van der Waals surface area (Å²) in [6.45, 7) is 2.02. The number of aryl methyl sites for hydroxylation is 2. The molecule has 0 fully saturated rings. The minimum Gasteiger partial charge on any atom is -0.477 e. The molecule has 35 heavy (non-hydrogen) atoms. The van der Waals surface area contributed by atoms with E-state index in [0.717, 1.165) is 32.6 Å². The van der Waals surface area contributed by atoms with Crippen LogP contribution in [0.25, 0.3) is 27.8 Å². The molecule has 0 N–H and O–H groups in total. The van der Waals surface area contributed by atoms with Gasteiger partial charge in [0.1, 0.15) is 5.75 Å². The summed E-state index contributed by atoms with van der Waals surface area (Å²) in [7, 11) is 3.20. The molecule has 6 rings (SSSR count). The van der Waals surface area contributed by atoms with Gasteiger partial charge in [-0.1, -0.05) is 71.8 Å². The van der Waals surface area contributed by atoms with Crippen LogP contribution in [0.5, 0.6) is 5.75 Å². The lowest BCUT2D eigenvalue weighted by atomic mass is 10.0. The SMILES string of the molecule is Cc1ccc(-c2c3c(=O)n(C)c(=O)n(C)c3c3n2-c2ccccc2OC3c2ccccc2Cl)cc1. The van der Waals surface area contributed by atoms with E-state index in [4.69, 9.17) is 16.3 Å². The molecule has 174 valence electrons. The van der Waals surface area contributed by atoms with Crippen molar-refractivity contribution in [2.24, 2.45) is 14.1 Å². The van der Waals surface area contributed by atoms with Crippen molar-refractivity contribution in [3.8, 4) is 22.7 Å². The van der Waals surface area contributed by atoms with Crippen molar-refractivity contribution < 1.29 is 4.74 Å². The van der Waals surface area contributed by atoms with E-state index in [0.29, 0.717) is 27.4 Å². The van der Waals surface area contributed by atoms with Crippen molar-refractivity contribution in [3.63, 3.8) is 0 Å². The van der Waals surface area contributed by atoms with Crippen LogP contribution in [-0.4, -0.2) is 13.7 Å². The zero-order chi connectivity index (χ0) is 24.4. The molecule has 0 spiro atoms. The van der Waals surface area contributed by atoms with Crippen LogP contribution in [0, 0.1) is 6.92 Å². The van der Waals surface area contributed by atoms with Gasteiger partial charge in [-0.25, -0.2) is 4.79 Å². The maximum absolute atomic E-state index is 13.7. The number of aromatic nitrogens is 3. The quantitative estimate of drug-likeness (QED) is 0.349. The van der Waals surface area contributed by atoms with Crippen LogP contribution in [0.4, 0.5) is 0 Å². The highest BCUT2D eigenvalue weighted by atomic mass is 35.5. The predicted octanol–water partition coefficient (Wildman–Crippen LogP) is 5.14. The van der Waals surface area contributed by atoms with Gasteiger partial charge < -0.3 is 9.30 Å². The lowest BCUT2D eigenvalue weighted by Crippen LogP contribution is -2.37. The molecule has 0 saturated carbocycles. The van der Waals surface area contributed by atoms with E-state index in [2.05, 4.69) is 4.57 Å². The third-order valence-corrected chi connectivity index (χ3v) is 7.06. The molecule has 7 heteroatoms. The largest absolute Gasteiger partial charge is 0.477 e. The Bertz CT molecular complexity index is 1760. The van der Waals surface area contributed by atoms with Crippen molar-refractivity contribution in [1.82, 2.24) is 13.7 Å². The molecule has 3 aromatic carbocycles. The molecular weight excluding hydrogens is 462 g/mol. The minimum atomic E-state index is -0.627. The summed E-state index contributed by atoms with van der Waals surface area (Å²) in [4.78, 5) is 26.8. The third-order valence-electron chi connectivity index (χ3n) is 6.72. The summed E-state index contributed by atoms with van der Waals surface area (Å²) in [5.74, 6) is 0.667. The second-order valence-corrected chi connectivity index (χ2v) is 9.26. The van der Waals surface area contributed by atoms with Crippen LogP contribution in [-0.2, 0) is 14.1 Å². The lowest BCUT2D eigenvalue weighted by Gasteiger charge is -2.30. The van der Waals surface area contributed by atoms with Crippen molar-refractivity contribution in [3.05, 3.63) is 115 Å². The van der Waals surface area contributed by atoms with Crippen LogP contribution in [0.2, 0.25) is 5.02 Å². The van der Waals surface area contributed by atoms with Gasteiger partial charge >= 0.3 is 5.69 Å². The Morgan fingerprint density at radius 3 is 2.29 bits per heavy atom. The number of hydrogen-bond acceptors (Lipinski definition) is 3. The Kier molecular flexibility index (Phi) is 4.76. The number of fused-ring (bicyclic) bond motifs is 5. The molecule has 0 amide bonds. The first-order chi connectivity index (χ1) is 16.9. The first-order valence-corrected chi connectivity index (χ1v) is 11.7. The average Bonchev–Trinajstić information content (AvgIpc) is 3.23. The van der Waals surface area contributed by atoms with Gasteiger partial charge in [-0.3, -0.25) is 13.9 Å². The molecule has 5 aromatic rings. The summed E-state index contributed by atoms with van der Waals surface area (Å²) in [6, 6.07) is 23.2. The summed E-state index contributed by atoms with van der Waals surface area (Å²) in [5.41, 5.74) is 4.74. The van der Waals surface area contributed by atoms with Crippen molar-refractivity contribution in [1.29, 1.82) is 0 Å². The summed E-state index contributed by atoms with van der Waals surface area (Å²) in [5, 5.41) is 1.01. The van der Waals surface area contributed by atoms with Gasteiger partial charge in [0.2, 0.25) is 0 Å². The highest BCUT2D eigenvalue weighted by Gasteiger charge is 2.36. The number of benzene rings is 3. The average molecular weight is 484 g/mol. The number of nitrogens with zero attached hydrogens (tertiary/aromatic N) is 3. The van der Waals surface area contributed by atoms with Crippen LogP contribution >= 0.6 is 11.6 Å². The molecule has 0 saturated heterocycles. The summed E-state index contributed by atoms with van der Waals surface area (Å²) < 4.78 is 11.3. The molecule has 2 aromatic heterocycles.